The highest BCUT2D eigenvalue weighted by Crippen LogP contribution is 2.44. The molecule has 4 rings (SSSR count). The maximum Gasteiger partial charge on any atom is 0.390 e. The molecule has 4 aromatic rings. The highest BCUT2D eigenvalue weighted by atomic mass is 32.3. The van der Waals surface area contributed by atoms with Gasteiger partial charge in [-0.15, -0.1) is 3.89 Å². The lowest BCUT2D eigenvalue weighted by Gasteiger charge is -2.21. The van der Waals surface area contributed by atoms with Gasteiger partial charge in [-0.05, 0) is 34.9 Å². The Labute approximate surface area is 176 Å². The molecular formula is C23H17F4NO2S. The number of halogens is 4. The minimum Gasteiger partial charge on any atom is -0.354 e. The van der Waals surface area contributed by atoms with Crippen LogP contribution in [0.5, 0.6) is 0 Å². The molecular weight excluding hydrogens is 430 g/mol. The van der Waals surface area contributed by atoms with E-state index in [4.69, 9.17) is 0 Å². The molecule has 1 atom stereocenters. The molecule has 1 heterocycles. The summed E-state index contributed by atoms with van der Waals surface area (Å²) in [5, 5.41) is 0.232. The minimum atomic E-state index is -5.03. The van der Waals surface area contributed by atoms with Crippen LogP contribution >= 0.6 is 0 Å². The van der Waals surface area contributed by atoms with Gasteiger partial charge in [-0.3, -0.25) is 0 Å². The van der Waals surface area contributed by atoms with Crippen LogP contribution in [0.1, 0.15) is 23.5 Å². The van der Waals surface area contributed by atoms with Crippen molar-refractivity contribution in [3.8, 4) is 11.3 Å². The highest BCUT2D eigenvalue weighted by Gasteiger charge is 2.36. The second-order valence-corrected chi connectivity index (χ2v) is 8.55. The first-order valence-corrected chi connectivity index (χ1v) is 10.8. The first-order chi connectivity index (χ1) is 14.6. The molecule has 1 unspecified atom stereocenters. The third-order valence-corrected chi connectivity index (χ3v) is 5.96. The average molecular weight is 447 g/mol. The summed E-state index contributed by atoms with van der Waals surface area (Å²) >= 11 is 0. The summed E-state index contributed by atoms with van der Waals surface area (Å²) in [7, 11) is -5.03. The summed E-state index contributed by atoms with van der Waals surface area (Å²) in [4.78, 5) is 2.51. The van der Waals surface area contributed by atoms with Crippen molar-refractivity contribution in [2.24, 2.45) is 0 Å². The summed E-state index contributed by atoms with van der Waals surface area (Å²) in [5.41, 5.74) is 2.19. The van der Waals surface area contributed by atoms with Gasteiger partial charge in [0.1, 0.15) is 0 Å². The second kappa shape index (κ2) is 7.85. The Kier molecular flexibility index (Phi) is 5.35. The van der Waals surface area contributed by atoms with Crippen molar-refractivity contribution in [2.45, 2.75) is 23.4 Å². The number of fused-ring (bicyclic) bond motifs is 1. The smallest absolute Gasteiger partial charge is 0.354 e. The first kappa shape index (κ1) is 21.1. The van der Waals surface area contributed by atoms with E-state index in [1.54, 1.807) is 60.7 Å². The lowest BCUT2D eigenvalue weighted by Crippen LogP contribution is -2.15. The van der Waals surface area contributed by atoms with E-state index < -0.39 is 33.6 Å². The van der Waals surface area contributed by atoms with Gasteiger partial charge in [0.25, 0.3) is 0 Å². The zero-order chi connectivity index (χ0) is 22.2. The van der Waals surface area contributed by atoms with Gasteiger partial charge in [-0.1, -0.05) is 60.7 Å². The SMILES string of the molecule is O=S(=O)(F)c1ccc2[nH]c(-c3ccccc3)c(C(CC(F)(F)F)c3ccccc3)c2c1. The lowest BCUT2D eigenvalue weighted by atomic mass is 9.85. The van der Waals surface area contributed by atoms with Gasteiger partial charge in [0.2, 0.25) is 0 Å². The van der Waals surface area contributed by atoms with Crippen LogP contribution in [0.3, 0.4) is 0 Å². The predicted octanol–water partition coefficient (Wildman–Crippen LogP) is 6.58. The Morgan fingerprint density at radius 2 is 1.48 bits per heavy atom. The third-order valence-electron chi connectivity index (χ3n) is 5.14. The Morgan fingerprint density at radius 3 is 2.06 bits per heavy atom. The number of benzene rings is 3. The van der Waals surface area contributed by atoms with E-state index in [-0.39, 0.29) is 10.9 Å². The van der Waals surface area contributed by atoms with E-state index in [1.165, 1.54) is 6.07 Å². The van der Waals surface area contributed by atoms with Crippen molar-refractivity contribution < 1.29 is 25.5 Å². The van der Waals surface area contributed by atoms with Gasteiger partial charge in [0.15, 0.2) is 0 Å². The number of alkyl halides is 3. The molecule has 1 aromatic heterocycles. The predicted molar refractivity (Wildman–Crippen MR) is 111 cm³/mol. The highest BCUT2D eigenvalue weighted by molar-refractivity contribution is 7.86. The molecule has 1 N–H and O–H groups in total. The van der Waals surface area contributed by atoms with Crippen LogP contribution in [0.2, 0.25) is 0 Å². The number of aromatic amines is 1. The normalized spacial score (nSPS) is 13.4. The lowest BCUT2D eigenvalue weighted by molar-refractivity contribution is -0.136. The maximum absolute atomic E-state index is 13.7. The first-order valence-electron chi connectivity index (χ1n) is 9.41. The van der Waals surface area contributed by atoms with E-state index >= 15 is 0 Å². The summed E-state index contributed by atoms with van der Waals surface area (Å²) in [6, 6.07) is 20.5. The zero-order valence-corrected chi connectivity index (χ0v) is 16.8. The van der Waals surface area contributed by atoms with Crippen molar-refractivity contribution in [3.05, 3.63) is 90.0 Å². The Morgan fingerprint density at radius 1 is 0.871 bits per heavy atom. The van der Waals surface area contributed by atoms with Gasteiger partial charge in [0.05, 0.1) is 17.0 Å². The van der Waals surface area contributed by atoms with Crippen LogP contribution in [0.4, 0.5) is 17.1 Å². The average Bonchev–Trinajstić information content (AvgIpc) is 3.11. The number of rotatable bonds is 5. The van der Waals surface area contributed by atoms with Crippen molar-refractivity contribution in [3.63, 3.8) is 0 Å². The van der Waals surface area contributed by atoms with E-state index in [0.717, 1.165) is 12.1 Å². The topological polar surface area (TPSA) is 49.9 Å². The molecule has 0 radical (unpaired) electrons. The third kappa shape index (κ3) is 4.49. The van der Waals surface area contributed by atoms with E-state index in [2.05, 4.69) is 4.98 Å². The van der Waals surface area contributed by atoms with Crippen LogP contribution in [-0.4, -0.2) is 19.6 Å². The largest absolute Gasteiger partial charge is 0.390 e. The molecule has 0 aliphatic carbocycles. The monoisotopic (exact) mass is 447 g/mol. The molecule has 8 heteroatoms. The standard InChI is InChI=1S/C23H17F4NO2S/c24-23(25,26)14-19(15-7-3-1-4-8-15)21-18-13-17(31(27,29)30)11-12-20(18)28-22(21)16-9-5-2-6-10-16/h1-13,19,28H,14H2. The van der Waals surface area contributed by atoms with Crippen LogP contribution in [0.25, 0.3) is 22.2 Å². The van der Waals surface area contributed by atoms with Crippen molar-refractivity contribution in [1.82, 2.24) is 4.98 Å². The Hall–Kier alpha value is -3.13. The molecule has 3 aromatic carbocycles. The van der Waals surface area contributed by atoms with Gasteiger partial charge in [0, 0.05) is 16.8 Å². The Bertz CT molecular complexity index is 1310. The number of hydrogen-bond donors (Lipinski definition) is 1. The summed E-state index contributed by atoms with van der Waals surface area (Å²) in [6.07, 6.45) is -5.64. The quantitative estimate of drug-likeness (QED) is 0.278. The van der Waals surface area contributed by atoms with E-state index in [0.29, 0.717) is 22.3 Å². The molecule has 0 saturated heterocycles. The van der Waals surface area contributed by atoms with E-state index in [1.807, 2.05) is 0 Å². The molecule has 0 bridgehead atoms. The fourth-order valence-corrected chi connectivity index (χ4v) is 4.33. The number of hydrogen-bond acceptors (Lipinski definition) is 2. The molecule has 31 heavy (non-hydrogen) atoms. The van der Waals surface area contributed by atoms with Gasteiger partial charge >= 0.3 is 16.4 Å². The van der Waals surface area contributed by atoms with Crippen LogP contribution in [0, 0.1) is 0 Å². The molecule has 0 spiro atoms. The number of H-pyrrole nitrogens is 1. The van der Waals surface area contributed by atoms with E-state index in [9.17, 15) is 25.5 Å². The zero-order valence-electron chi connectivity index (χ0n) is 16.0. The number of nitrogens with one attached hydrogen (secondary N) is 1. The van der Waals surface area contributed by atoms with Crippen molar-refractivity contribution in [1.29, 1.82) is 0 Å². The molecule has 0 aliphatic heterocycles. The molecule has 0 aliphatic rings. The van der Waals surface area contributed by atoms with Crippen LogP contribution < -0.4 is 0 Å². The summed E-state index contributed by atoms with van der Waals surface area (Å²) in [6.45, 7) is 0. The molecule has 0 saturated carbocycles. The molecule has 0 fully saturated rings. The maximum atomic E-state index is 13.7. The minimum absolute atomic E-state index is 0.232. The fourth-order valence-electron chi connectivity index (χ4n) is 3.84. The Balaban J connectivity index is 2.06. The fraction of sp³-hybridized carbons (Fsp3) is 0.130. The number of aromatic nitrogens is 1. The summed E-state index contributed by atoms with van der Waals surface area (Å²) in [5.74, 6) is -1.12. The van der Waals surface area contributed by atoms with Crippen LogP contribution in [0.15, 0.2) is 83.8 Å². The van der Waals surface area contributed by atoms with Gasteiger partial charge in [-0.2, -0.15) is 21.6 Å². The molecule has 0 amide bonds. The van der Waals surface area contributed by atoms with Gasteiger partial charge < -0.3 is 4.98 Å². The van der Waals surface area contributed by atoms with Crippen LogP contribution in [-0.2, 0) is 10.2 Å². The molecule has 3 nitrogen and oxygen atoms in total. The van der Waals surface area contributed by atoms with Crippen molar-refractivity contribution in [2.75, 3.05) is 0 Å². The van der Waals surface area contributed by atoms with Crippen molar-refractivity contribution >= 4 is 21.1 Å². The summed E-state index contributed by atoms with van der Waals surface area (Å²) < 4.78 is 77.5. The second-order valence-electron chi connectivity index (χ2n) is 7.21. The molecule has 160 valence electrons. The van der Waals surface area contributed by atoms with Gasteiger partial charge in [-0.25, -0.2) is 0 Å².